The smallest absolute Gasteiger partial charge is 0.161 e. The average Bonchev–Trinajstić information content (AvgIpc) is 2.59. The van der Waals surface area contributed by atoms with Crippen LogP contribution in [0, 0.1) is 0 Å². The topological polar surface area (TPSA) is 36.5 Å². The van der Waals surface area contributed by atoms with Gasteiger partial charge in [0.15, 0.2) is 12.1 Å². The van der Waals surface area contributed by atoms with Gasteiger partial charge in [0, 0.05) is 6.20 Å². The molecule has 10 heavy (non-hydrogen) atoms. The van der Waals surface area contributed by atoms with Gasteiger partial charge in [-0.25, -0.2) is 0 Å². The summed E-state index contributed by atoms with van der Waals surface area (Å²) in [5.74, 6) is 1.89. The second-order valence-corrected chi connectivity index (χ2v) is 2.76. The van der Waals surface area contributed by atoms with Crippen LogP contribution in [-0.2, 0) is 4.84 Å². The number of hydrazine groups is 1. The van der Waals surface area contributed by atoms with Gasteiger partial charge in [-0.15, -0.1) is 11.8 Å². The zero-order valence-corrected chi connectivity index (χ0v) is 6.02. The van der Waals surface area contributed by atoms with Gasteiger partial charge in [0.2, 0.25) is 0 Å². The minimum absolute atomic E-state index is 0.946. The van der Waals surface area contributed by atoms with E-state index in [-0.39, 0.29) is 0 Å². The molecule has 0 fully saturated rings. The van der Waals surface area contributed by atoms with Crippen molar-refractivity contribution in [1.82, 2.24) is 15.9 Å². The van der Waals surface area contributed by atoms with E-state index in [0.717, 1.165) is 11.7 Å². The van der Waals surface area contributed by atoms with Gasteiger partial charge in [0.25, 0.3) is 0 Å². The van der Waals surface area contributed by atoms with Crippen molar-refractivity contribution in [3.63, 3.8) is 0 Å². The van der Waals surface area contributed by atoms with E-state index in [1.165, 1.54) is 0 Å². The summed E-state index contributed by atoms with van der Waals surface area (Å²) in [7, 11) is 0. The third-order valence-electron chi connectivity index (χ3n) is 1.27. The van der Waals surface area contributed by atoms with E-state index >= 15 is 0 Å². The molecule has 4 nitrogen and oxygen atoms in total. The number of rotatable bonds is 1. The van der Waals surface area contributed by atoms with Crippen molar-refractivity contribution in [3.05, 3.63) is 23.7 Å². The van der Waals surface area contributed by atoms with Crippen molar-refractivity contribution in [1.29, 1.82) is 0 Å². The second-order valence-electron chi connectivity index (χ2n) is 1.90. The Morgan fingerprint density at radius 1 is 1.70 bits per heavy atom. The maximum Gasteiger partial charge on any atom is 0.161 e. The highest BCUT2D eigenvalue weighted by Crippen LogP contribution is 2.18. The van der Waals surface area contributed by atoms with Crippen molar-refractivity contribution in [3.8, 4) is 0 Å². The minimum atomic E-state index is 0.946. The fourth-order valence-electron chi connectivity index (χ4n) is 0.769. The molecule has 54 valence electrons. The molecule has 2 rings (SSSR count). The molecule has 0 aromatic heterocycles. The summed E-state index contributed by atoms with van der Waals surface area (Å²) in [6.45, 7) is 0. The molecule has 0 aliphatic carbocycles. The molecule has 0 spiro atoms. The number of thioether (sulfide) groups is 1. The molecule has 0 aromatic carbocycles. The van der Waals surface area contributed by atoms with E-state index in [4.69, 9.17) is 4.84 Å². The van der Waals surface area contributed by atoms with E-state index in [9.17, 15) is 0 Å². The Morgan fingerprint density at radius 2 is 2.70 bits per heavy atom. The SMILES string of the molecule is C1=CN(C2=CONN2)CS1. The molecule has 0 aromatic rings. The lowest BCUT2D eigenvalue weighted by Crippen LogP contribution is -2.29. The molecule has 0 amide bonds. The molecule has 2 N–H and O–H groups in total. The van der Waals surface area contributed by atoms with Crippen LogP contribution in [0.25, 0.3) is 0 Å². The fourth-order valence-corrected chi connectivity index (χ4v) is 1.47. The van der Waals surface area contributed by atoms with Crippen molar-refractivity contribution in [2.24, 2.45) is 0 Å². The first-order chi connectivity index (χ1) is 4.97. The first-order valence-corrected chi connectivity index (χ1v) is 3.93. The van der Waals surface area contributed by atoms with Gasteiger partial charge in [-0.2, -0.15) is 0 Å². The Kier molecular flexibility index (Phi) is 1.44. The molecule has 0 atom stereocenters. The molecule has 0 saturated carbocycles. The zero-order chi connectivity index (χ0) is 6.81. The largest absolute Gasteiger partial charge is 0.393 e. The Labute approximate surface area is 62.8 Å². The molecule has 0 bridgehead atoms. The molecule has 0 unspecified atom stereocenters. The Morgan fingerprint density at radius 3 is 3.30 bits per heavy atom. The van der Waals surface area contributed by atoms with Crippen LogP contribution >= 0.6 is 11.8 Å². The molecule has 2 heterocycles. The maximum absolute atomic E-state index is 4.76. The van der Waals surface area contributed by atoms with Crippen LogP contribution in [0.15, 0.2) is 23.7 Å². The van der Waals surface area contributed by atoms with Gasteiger partial charge >= 0.3 is 0 Å². The number of hydrogen-bond donors (Lipinski definition) is 2. The highest BCUT2D eigenvalue weighted by Gasteiger charge is 2.13. The lowest BCUT2D eigenvalue weighted by atomic mass is 10.7. The predicted octanol–water partition coefficient (Wildman–Crippen LogP) is 0.302. The summed E-state index contributed by atoms with van der Waals surface area (Å²) in [6, 6.07) is 0. The van der Waals surface area contributed by atoms with Crippen LogP contribution in [0.4, 0.5) is 0 Å². The molecular formula is C5H7N3OS. The summed E-state index contributed by atoms with van der Waals surface area (Å²) in [6.07, 6.45) is 3.64. The third-order valence-corrected chi connectivity index (χ3v) is 2.01. The van der Waals surface area contributed by atoms with E-state index in [0.29, 0.717) is 0 Å². The van der Waals surface area contributed by atoms with Gasteiger partial charge < -0.3 is 9.74 Å². The standard InChI is InChI=1S/C5H7N3OS/c1-2-10-4-8(1)5-3-9-7-6-5/h1-3,6-7H,4H2. The number of nitrogens with one attached hydrogen (secondary N) is 2. The van der Waals surface area contributed by atoms with E-state index in [1.807, 2.05) is 16.5 Å². The monoisotopic (exact) mass is 157 g/mol. The van der Waals surface area contributed by atoms with Crippen LogP contribution in [0.3, 0.4) is 0 Å². The summed E-state index contributed by atoms with van der Waals surface area (Å²) >= 11 is 1.75. The third kappa shape index (κ3) is 0.932. The Bertz CT molecular complexity index is 191. The lowest BCUT2D eigenvalue weighted by molar-refractivity contribution is 0.136. The lowest BCUT2D eigenvalue weighted by Gasteiger charge is -2.12. The molecule has 2 aliphatic rings. The highest BCUT2D eigenvalue weighted by molar-refractivity contribution is 8.02. The normalized spacial score (nSPS) is 22.4. The van der Waals surface area contributed by atoms with E-state index < -0.39 is 0 Å². The predicted molar refractivity (Wildman–Crippen MR) is 38.9 cm³/mol. The number of nitrogens with zero attached hydrogens (tertiary/aromatic N) is 1. The average molecular weight is 157 g/mol. The maximum atomic E-state index is 4.76. The summed E-state index contributed by atoms with van der Waals surface area (Å²) in [5.41, 5.74) is 5.37. The minimum Gasteiger partial charge on any atom is -0.393 e. The summed E-state index contributed by atoms with van der Waals surface area (Å²) in [5, 5.41) is 2.04. The molecule has 0 radical (unpaired) electrons. The molecule has 5 heteroatoms. The molecule has 0 saturated heterocycles. The molecular weight excluding hydrogens is 150 g/mol. The first-order valence-electron chi connectivity index (χ1n) is 2.88. The van der Waals surface area contributed by atoms with Crippen molar-refractivity contribution < 1.29 is 4.84 Å². The molecule has 2 aliphatic heterocycles. The first kappa shape index (κ1) is 5.94. The van der Waals surface area contributed by atoms with Crippen LogP contribution in [-0.4, -0.2) is 10.8 Å². The quantitative estimate of drug-likeness (QED) is 0.572. The van der Waals surface area contributed by atoms with Gasteiger partial charge in [0.05, 0.1) is 5.88 Å². The Hall–Kier alpha value is -0.810. The second kappa shape index (κ2) is 2.43. The fraction of sp³-hybridized carbons (Fsp3) is 0.200. The van der Waals surface area contributed by atoms with Gasteiger partial charge in [-0.05, 0) is 5.41 Å². The summed E-state index contributed by atoms with van der Waals surface area (Å²) < 4.78 is 0. The van der Waals surface area contributed by atoms with Gasteiger partial charge in [-0.3, -0.25) is 5.43 Å². The zero-order valence-electron chi connectivity index (χ0n) is 5.20. The highest BCUT2D eigenvalue weighted by atomic mass is 32.2. The van der Waals surface area contributed by atoms with Crippen LogP contribution in [0.2, 0.25) is 0 Å². The van der Waals surface area contributed by atoms with Crippen LogP contribution < -0.4 is 11.0 Å². The van der Waals surface area contributed by atoms with Crippen LogP contribution in [0.1, 0.15) is 0 Å². The number of hydrogen-bond acceptors (Lipinski definition) is 5. The van der Waals surface area contributed by atoms with Crippen molar-refractivity contribution in [2.75, 3.05) is 5.88 Å². The van der Waals surface area contributed by atoms with Crippen molar-refractivity contribution in [2.45, 2.75) is 0 Å². The van der Waals surface area contributed by atoms with E-state index in [1.54, 1.807) is 18.0 Å². The van der Waals surface area contributed by atoms with Crippen molar-refractivity contribution >= 4 is 11.8 Å². The van der Waals surface area contributed by atoms with E-state index in [2.05, 4.69) is 11.0 Å². The van der Waals surface area contributed by atoms with Gasteiger partial charge in [0.1, 0.15) is 0 Å². The van der Waals surface area contributed by atoms with Gasteiger partial charge in [-0.1, -0.05) is 5.59 Å². The van der Waals surface area contributed by atoms with Crippen LogP contribution in [0.5, 0.6) is 0 Å². The summed E-state index contributed by atoms with van der Waals surface area (Å²) in [4.78, 5) is 6.81. The Balaban J connectivity index is 2.04.